The number of nitro benzene ring substituents is 1. The van der Waals surface area contributed by atoms with Gasteiger partial charge in [-0.05, 0) is 31.5 Å². The van der Waals surface area contributed by atoms with Crippen molar-refractivity contribution in [2.75, 3.05) is 20.2 Å². The lowest BCUT2D eigenvalue weighted by Crippen LogP contribution is -2.32. The van der Waals surface area contributed by atoms with E-state index in [0.717, 1.165) is 11.1 Å². The molecule has 0 N–H and O–H groups in total. The van der Waals surface area contributed by atoms with E-state index in [1.54, 1.807) is 24.1 Å². The molecule has 1 heterocycles. The number of amides is 1. The molecule has 2 unspecified atom stereocenters. The van der Waals surface area contributed by atoms with Crippen LogP contribution in [0.5, 0.6) is 5.75 Å². The molecule has 7 nitrogen and oxygen atoms in total. The SMILES string of the molecule is COC1CN(C(=O)c2cc(C)ccc2C)CC1Oc1cccc([N+](=O)[O-])c1. The van der Waals surface area contributed by atoms with Gasteiger partial charge in [0.05, 0.1) is 24.1 Å². The first-order valence-electron chi connectivity index (χ1n) is 8.69. The highest BCUT2D eigenvalue weighted by Gasteiger charge is 2.37. The van der Waals surface area contributed by atoms with E-state index >= 15 is 0 Å². The second kappa shape index (κ2) is 7.75. The molecule has 142 valence electrons. The number of hydrogen-bond acceptors (Lipinski definition) is 5. The molecule has 1 amide bonds. The van der Waals surface area contributed by atoms with Crippen LogP contribution in [0.4, 0.5) is 5.69 Å². The van der Waals surface area contributed by atoms with Crippen molar-refractivity contribution in [3.05, 3.63) is 69.3 Å². The number of aryl methyl sites for hydroxylation is 2. The summed E-state index contributed by atoms with van der Waals surface area (Å²) in [5.74, 6) is 0.320. The molecular formula is C20H22N2O5. The van der Waals surface area contributed by atoms with E-state index in [1.807, 2.05) is 32.0 Å². The normalized spacial score (nSPS) is 19.1. The summed E-state index contributed by atoms with van der Waals surface area (Å²) in [4.78, 5) is 25.1. The van der Waals surface area contributed by atoms with Crippen LogP contribution in [0.3, 0.4) is 0 Å². The number of nitro groups is 1. The summed E-state index contributed by atoms with van der Waals surface area (Å²) >= 11 is 0. The van der Waals surface area contributed by atoms with Crippen LogP contribution in [-0.4, -0.2) is 48.1 Å². The minimum absolute atomic E-state index is 0.0391. The fourth-order valence-corrected chi connectivity index (χ4v) is 3.23. The monoisotopic (exact) mass is 370 g/mol. The minimum Gasteiger partial charge on any atom is -0.486 e. The number of carbonyl (C=O) groups is 1. The van der Waals surface area contributed by atoms with Gasteiger partial charge in [-0.1, -0.05) is 23.8 Å². The molecule has 1 aliphatic heterocycles. The molecule has 27 heavy (non-hydrogen) atoms. The average molecular weight is 370 g/mol. The number of likely N-dealkylation sites (tertiary alicyclic amines) is 1. The fraction of sp³-hybridized carbons (Fsp3) is 0.350. The van der Waals surface area contributed by atoms with Crippen molar-refractivity contribution >= 4 is 11.6 Å². The maximum Gasteiger partial charge on any atom is 0.273 e. The molecule has 1 fully saturated rings. The van der Waals surface area contributed by atoms with Crippen molar-refractivity contribution in [1.82, 2.24) is 4.90 Å². The summed E-state index contributed by atoms with van der Waals surface area (Å²) in [6, 6.07) is 11.8. The van der Waals surface area contributed by atoms with Gasteiger partial charge in [0.1, 0.15) is 18.0 Å². The molecule has 0 saturated carbocycles. The lowest BCUT2D eigenvalue weighted by molar-refractivity contribution is -0.385. The Hall–Kier alpha value is -2.93. The van der Waals surface area contributed by atoms with Crippen molar-refractivity contribution in [3.8, 4) is 5.75 Å². The number of benzene rings is 2. The highest BCUT2D eigenvalue weighted by molar-refractivity contribution is 5.96. The molecule has 0 bridgehead atoms. The van der Waals surface area contributed by atoms with Crippen LogP contribution in [0.1, 0.15) is 21.5 Å². The minimum atomic E-state index is -0.467. The number of ether oxygens (including phenoxy) is 2. The molecule has 0 aliphatic carbocycles. The zero-order valence-electron chi connectivity index (χ0n) is 15.5. The van der Waals surface area contributed by atoms with Crippen LogP contribution < -0.4 is 4.74 Å². The molecule has 0 spiro atoms. The van der Waals surface area contributed by atoms with Gasteiger partial charge in [0.15, 0.2) is 0 Å². The Morgan fingerprint density at radius 2 is 1.89 bits per heavy atom. The standard InChI is InChI=1S/C20H22N2O5/c1-13-7-8-14(2)17(9-13)20(23)21-11-18(26-3)19(12-21)27-16-6-4-5-15(10-16)22(24)25/h4-10,18-19H,11-12H2,1-3H3. The summed E-state index contributed by atoms with van der Waals surface area (Å²) in [6.45, 7) is 4.62. The number of nitrogens with zero attached hydrogens (tertiary/aromatic N) is 2. The maximum absolute atomic E-state index is 12.9. The molecule has 2 atom stereocenters. The Morgan fingerprint density at radius 3 is 2.59 bits per heavy atom. The third kappa shape index (κ3) is 4.09. The van der Waals surface area contributed by atoms with Crippen molar-refractivity contribution in [2.24, 2.45) is 0 Å². The largest absolute Gasteiger partial charge is 0.486 e. The summed E-state index contributed by atoms with van der Waals surface area (Å²) in [7, 11) is 1.57. The van der Waals surface area contributed by atoms with Gasteiger partial charge in [-0.2, -0.15) is 0 Å². The fourth-order valence-electron chi connectivity index (χ4n) is 3.23. The summed E-state index contributed by atoms with van der Waals surface area (Å²) < 4.78 is 11.4. The van der Waals surface area contributed by atoms with E-state index < -0.39 is 11.0 Å². The molecule has 3 rings (SSSR count). The number of rotatable bonds is 5. The summed E-state index contributed by atoms with van der Waals surface area (Å²) in [6.07, 6.45) is -0.704. The van der Waals surface area contributed by atoms with Crippen LogP contribution in [0.2, 0.25) is 0 Å². The Balaban J connectivity index is 1.77. The second-order valence-electron chi connectivity index (χ2n) is 6.71. The van der Waals surface area contributed by atoms with Gasteiger partial charge in [0.2, 0.25) is 0 Å². The molecular weight excluding hydrogens is 348 g/mol. The quantitative estimate of drug-likeness (QED) is 0.597. The molecule has 2 aromatic carbocycles. The number of non-ortho nitro benzene ring substituents is 1. The Kier molecular flexibility index (Phi) is 5.41. The molecule has 1 aliphatic rings. The van der Waals surface area contributed by atoms with Crippen LogP contribution >= 0.6 is 0 Å². The lowest BCUT2D eigenvalue weighted by Gasteiger charge is -2.18. The molecule has 0 aromatic heterocycles. The summed E-state index contributed by atoms with van der Waals surface area (Å²) in [5.41, 5.74) is 2.57. The molecule has 0 radical (unpaired) electrons. The zero-order valence-corrected chi connectivity index (χ0v) is 15.5. The van der Waals surface area contributed by atoms with E-state index in [2.05, 4.69) is 0 Å². The van der Waals surface area contributed by atoms with E-state index in [-0.39, 0.29) is 17.7 Å². The molecule has 2 aromatic rings. The van der Waals surface area contributed by atoms with Crippen molar-refractivity contribution in [1.29, 1.82) is 0 Å². The maximum atomic E-state index is 12.9. The second-order valence-corrected chi connectivity index (χ2v) is 6.71. The van der Waals surface area contributed by atoms with Gasteiger partial charge < -0.3 is 14.4 Å². The first-order chi connectivity index (χ1) is 12.9. The van der Waals surface area contributed by atoms with Crippen molar-refractivity contribution in [3.63, 3.8) is 0 Å². The average Bonchev–Trinajstić information content (AvgIpc) is 3.06. The number of hydrogen-bond donors (Lipinski definition) is 0. The number of methoxy groups -OCH3 is 1. The van der Waals surface area contributed by atoms with Gasteiger partial charge in [-0.3, -0.25) is 14.9 Å². The molecule has 1 saturated heterocycles. The van der Waals surface area contributed by atoms with E-state index in [1.165, 1.54) is 12.1 Å². The first-order valence-corrected chi connectivity index (χ1v) is 8.69. The third-order valence-corrected chi connectivity index (χ3v) is 4.74. The summed E-state index contributed by atoms with van der Waals surface area (Å²) in [5, 5.41) is 10.9. The van der Waals surface area contributed by atoms with Crippen LogP contribution in [0.25, 0.3) is 0 Å². The van der Waals surface area contributed by atoms with Gasteiger partial charge in [0.25, 0.3) is 11.6 Å². The predicted molar refractivity (Wildman–Crippen MR) is 100 cm³/mol. The highest BCUT2D eigenvalue weighted by Crippen LogP contribution is 2.25. The lowest BCUT2D eigenvalue weighted by atomic mass is 10.0. The Morgan fingerprint density at radius 1 is 1.15 bits per heavy atom. The van der Waals surface area contributed by atoms with Gasteiger partial charge in [-0.25, -0.2) is 0 Å². The highest BCUT2D eigenvalue weighted by atomic mass is 16.6. The van der Waals surface area contributed by atoms with E-state index in [9.17, 15) is 14.9 Å². The molecule has 7 heteroatoms. The Bertz CT molecular complexity index is 867. The van der Waals surface area contributed by atoms with Crippen molar-refractivity contribution in [2.45, 2.75) is 26.1 Å². The van der Waals surface area contributed by atoms with E-state index in [4.69, 9.17) is 9.47 Å². The van der Waals surface area contributed by atoms with E-state index in [0.29, 0.717) is 24.4 Å². The van der Waals surface area contributed by atoms with Gasteiger partial charge in [0, 0.05) is 18.7 Å². The van der Waals surface area contributed by atoms with Crippen molar-refractivity contribution < 1.29 is 19.2 Å². The van der Waals surface area contributed by atoms with Gasteiger partial charge >= 0.3 is 0 Å². The smallest absolute Gasteiger partial charge is 0.273 e. The van der Waals surface area contributed by atoms with Gasteiger partial charge in [-0.15, -0.1) is 0 Å². The Labute approximate surface area is 157 Å². The topological polar surface area (TPSA) is 81.9 Å². The predicted octanol–water partition coefficient (Wildman–Crippen LogP) is 3.13. The zero-order chi connectivity index (χ0) is 19.6. The number of carbonyl (C=O) groups excluding carboxylic acids is 1. The van der Waals surface area contributed by atoms with Crippen LogP contribution in [0, 0.1) is 24.0 Å². The first kappa shape index (κ1) is 18.8. The van der Waals surface area contributed by atoms with Crippen LogP contribution in [-0.2, 0) is 4.74 Å². The third-order valence-electron chi connectivity index (χ3n) is 4.74. The van der Waals surface area contributed by atoms with Crippen LogP contribution in [0.15, 0.2) is 42.5 Å².